The zero-order valence-electron chi connectivity index (χ0n) is 19.7. The average Bonchev–Trinajstić information content (AvgIpc) is 2.86. The van der Waals surface area contributed by atoms with E-state index in [1.807, 2.05) is 0 Å². The standard InChI is InChI=1S/C24H25F4N7O/c1-34(2)20-12-16(24(26,27)28)11-19(13-20)32-18-4-3-17(30-14-18)5-6-29-23-31-15-21(25)22(33-23)35-7-9-36-10-8-35/h3-6,11-15,32H,7-10H2,1-2H3,(H,29,31,33)/b6-5+. The summed E-state index contributed by atoms with van der Waals surface area (Å²) in [6, 6.07) is 7.18. The normalized spacial score (nSPS) is 14.2. The van der Waals surface area contributed by atoms with Gasteiger partial charge in [-0.3, -0.25) is 4.98 Å². The van der Waals surface area contributed by atoms with Crippen LogP contribution in [0.1, 0.15) is 11.3 Å². The van der Waals surface area contributed by atoms with Gasteiger partial charge in [-0.2, -0.15) is 18.2 Å². The molecule has 2 N–H and O–H groups in total. The van der Waals surface area contributed by atoms with E-state index in [1.54, 1.807) is 54.4 Å². The minimum atomic E-state index is -4.46. The largest absolute Gasteiger partial charge is 0.416 e. The van der Waals surface area contributed by atoms with Crippen LogP contribution in [0.2, 0.25) is 0 Å². The predicted molar refractivity (Wildman–Crippen MR) is 131 cm³/mol. The maximum atomic E-state index is 14.1. The molecule has 0 amide bonds. The lowest BCUT2D eigenvalue weighted by atomic mass is 10.1. The minimum Gasteiger partial charge on any atom is -0.378 e. The predicted octanol–water partition coefficient (Wildman–Crippen LogP) is 4.76. The quantitative estimate of drug-likeness (QED) is 0.447. The second kappa shape index (κ2) is 10.8. The van der Waals surface area contributed by atoms with Crippen LogP contribution < -0.4 is 20.4 Å². The van der Waals surface area contributed by atoms with Gasteiger partial charge in [-0.25, -0.2) is 9.37 Å². The lowest BCUT2D eigenvalue weighted by Crippen LogP contribution is -2.37. The van der Waals surface area contributed by atoms with Gasteiger partial charge in [0.25, 0.3) is 0 Å². The number of alkyl halides is 3. The van der Waals surface area contributed by atoms with Crippen molar-refractivity contribution >= 4 is 34.9 Å². The molecule has 0 aliphatic carbocycles. The highest BCUT2D eigenvalue weighted by molar-refractivity contribution is 5.67. The molecule has 0 atom stereocenters. The Morgan fingerprint density at radius 2 is 1.81 bits per heavy atom. The van der Waals surface area contributed by atoms with Crippen molar-refractivity contribution in [3.8, 4) is 0 Å². The van der Waals surface area contributed by atoms with Crippen molar-refractivity contribution in [3.05, 3.63) is 66.0 Å². The van der Waals surface area contributed by atoms with E-state index >= 15 is 0 Å². The first-order valence-corrected chi connectivity index (χ1v) is 11.1. The van der Waals surface area contributed by atoms with Crippen LogP contribution in [0.5, 0.6) is 0 Å². The molecule has 0 unspecified atom stereocenters. The van der Waals surface area contributed by atoms with Gasteiger partial charge in [0.1, 0.15) is 0 Å². The number of nitrogens with zero attached hydrogens (tertiary/aromatic N) is 5. The van der Waals surface area contributed by atoms with Crippen molar-refractivity contribution in [1.29, 1.82) is 0 Å². The maximum Gasteiger partial charge on any atom is 0.416 e. The molecule has 1 aliphatic heterocycles. The Hall–Kier alpha value is -3.93. The highest BCUT2D eigenvalue weighted by Gasteiger charge is 2.31. The van der Waals surface area contributed by atoms with Crippen LogP contribution in [0.15, 0.2) is 48.9 Å². The molecule has 4 rings (SSSR count). The topological polar surface area (TPSA) is 78.4 Å². The molecular weight excluding hydrogens is 478 g/mol. The van der Waals surface area contributed by atoms with Gasteiger partial charge in [-0.15, -0.1) is 0 Å². The molecule has 0 spiro atoms. The summed E-state index contributed by atoms with van der Waals surface area (Å²) in [7, 11) is 3.35. The van der Waals surface area contributed by atoms with Crippen molar-refractivity contribution in [1.82, 2.24) is 15.0 Å². The second-order valence-electron chi connectivity index (χ2n) is 8.20. The fourth-order valence-electron chi connectivity index (χ4n) is 3.48. The molecule has 1 fully saturated rings. The van der Waals surface area contributed by atoms with Crippen LogP contribution in [0.3, 0.4) is 0 Å². The third-order valence-corrected chi connectivity index (χ3v) is 5.34. The summed E-state index contributed by atoms with van der Waals surface area (Å²) < 4.78 is 59.3. The zero-order chi connectivity index (χ0) is 25.7. The molecule has 1 aromatic carbocycles. The van der Waals surface area contributed by atoms with Gasteiger partial charge in [-0.05, 0) is 36.4 Å². The smallest absolute Gasteiger partial charge is 0.378 e. The van der Waals surface area contributed by atoms with Gasteiger partial charge in [0, 0.05) is 44.8 Å². The lowest BCUT2D eigenvalue weighted by molar-refractivity contribution is -0.137. The molecule has 190 valence electrons. The summed E-state index contributed by atoms with van der Waals surface area (Å²) in [5.74, 6) is -0.0619. The zero-order valence-corrected chi connectivity index (χ0v) is 19.7. The fourth-order valence-corrected chi connectivity index (χ4v) is 3.48. The van der Waals surface area contributed by atoms with Crippen LogP contribution in [-0.2, 0) is 10.9 Å². The van der Waals surface area contributed by atoms with Crippen LogP contribution in [0, 0.1) is 5.82 Å². The Bertz CT molecular complexity index is 1210. The van der Waals surface area contributed by atoms with Crippen LogP contribution in [0.25, 0.3) is 6.08 Å². The van der Waals surface area contributed by atoms with Gasteiger partial charge < -0.3 is 25.2 Å². The molecule has 3 heterocycles. The highest BCUT2D eigenvalue weighted by Crippen LogP contribution is 2.35. The molecule has 1 saturated heterocycles. The Morgan fingerprint density at radius 1 is 1.03 bits per heavy atom. The van der Waals surface area contributed by atoms with E-state index in [-0.39, 0.29) is 11.8 Å². The number of hydrogen-bond acceptors (Lipinski definition) is 8. The van der Waals surface area contributed by atoms with E-state index in [1.165, 1.54) is 6.20 Å². The van der Waals surface area contributed by atoms with E-state index in [4.69, 9.17) is 4.74 Å². The number of anilines is 5. The summed E-state index contributed by atoms with van der Waals surface area (Å²) >= 11 is 0. The highest BCUT2D eigenvalue weighted by atomic mass is 19.4. The summed E-state index contributed by atoms with van der Waals surface area (Å²) in [6.07, 6.45) is 1.41. The van der Waals surface area contributed by atoms with Gasteiger partial charge >= 0.3 is 6.18 Å². The Kier molecular flexibility index (Phi) is 7.53. The van der Waals surface area contributed by atoms with Gasteiger partial charge in [0.2, 0.25) is 5.95 Å². The molecule has 36 heavy (non-hydrogen) atoms. The number of ether oxygens (including phenoxy) is 1. The Labute approximate surface area is 205 Å². The third kappa shape index (κ3) is 6.39. The first-order chi connectivity index (χ1) is 17.2. The van der Waals surface area contributed by atoms with E-state index in [0.29, 0.717) is 49.1 Å². The SMILES string of the molecule is CN(C)c1cc(Nc2ccc(/C=C/Nc3ncc(F)c(N4CCOCC4)n3)nc2)cc(C(F)(F)F)c1. The first kappa shape index (κ1) is 25.2. The van der Waals surface area contributed by atoms with E-state index in [2.05, 4.69) is 25.6 Å². The first-order valence-electron chi connectivity index (χ1n) is 11.1. The average molecular weight is 504 g/mol. The molecule has 8 nitrogen and oxygen atoms in total. The molecular formula is C24H25F4N7O. The van der Waals surface area contributed by atoms with E-state index in [0.717, 1.165) is 18.3 Å². The third-order valence-electron chi connectivity index (χ3n) is 5.34. The molecule has 12 heteroatoms. The number of pyridine rings is 1. The van der Waals surface area contributed by atoms with Gasteiger partial charge in [-0.1, -0.05) is 0 Å². The monoisotopic (exact) mass is 503 g/mol. The molecule has 0 bridgehead atoms. The van der Waals surface area contributed by atoms with Crippen LogP contribution >= 0.6 is 0 Å². The number of hydrogen-bond donors (Lipinski definition) is 2. The molecule has 3 aromatic rings. The summed E-state index contributed by atoms with van der Waals surface area (Å²) in [5.41, 5.74) is 1.09. The second-order valence-corrected chi connectivity index (χ2v) is 8.20. The Balaban J connectivity index is 1.41. The molecule has 0 saturated carbocycles. The number of morpholine rings is 1. The molecule has 1 aliphatic rings. The number of nitrogens with one attached hydrogen (secondary N) is 2. The summed E-state index contributed by atoms with van der Waals surface area (Å²) in [5, 5.41) is 5.86. The summed E-state index contributed by atoms with van der Waals surface area (Å²) in [6.45, 7) is 2.11. The fraction of sp³-hybridized carbons (Fsp3) is 0.292. The van der Waals surface area contributed by atoms with Crippen molar-refractivity contribution in [2.75, 3.05) is 60.8 Å². The molecule has 2 aromatic heterocycles. The number of halogens is 4. The van der Waals surface area contributed by atoms with E-state index in [9.17, 15) is 17.6 Å². The molecule has 0 radical (unpaired) electrons. The van der Waals surface area contributed by atoms with Gasteiger partial charge in [0.15, 0.2) is 11.6 Å². The lowest BCUT2D eigenvalue weighted by Gasteiger charge is -2.27. The maximum absolute atomic E-state index is 14.1. The van der Waals surface area contributed by atoms with Crippen molar-refractivity contribution in [2.45, 2.75) is 6.18 Å². The van der Waals surface area contributed by atoms with E-state index < -0.39 is 17.6 Å². The van der Waals surface area contributed by atoms with Crippen LogP contribution in [-0.4, -0.2) is 55.4 Å². The number of rotatable bonds is 7. The van der Waals surface area contributed by atoms with Crippen molar-refractivity contribution in [3.63, 3.8) is 0 Å². The van der Waals surface area contributed by atoms with Gasteiger partial charge in [0.05, 0.1) is 42.6 Å². The Morgan fingerprint density at radius 3 is 2.47 bits per heavy atom. The van der Waals surface area contributed by atoms with Crippen molar-refractivity contribution in [2.24, 2.45) is 0 Å². The van der Waals surface area contributed by atoms with Crippen molar-refractivity contribution < 1.29 is 22.3 Å². The van der Waals surface area contributed by atoms with Crippen LogP contribution in [0.4, 0.5) is 46.4 Å². The summed E-state index contributed by atoms with van der Waals surface area (Å²) in [4.78, 5) is 15.9. The minimum absolute atomic E-state index is 0.213. The number of benzene rings is 1. The number of aromatic nitrogens is 3.